The summed E-state index contributed by atoms with van der Waals surface area (Å²) in [4.78, 5) is 0. The van der Waals surface area contributed by atoms with Crippen LogP contribution in [-0.4, -0.2) is 25.7 Å². The fourth-order valence-electron chi connectivity index (χ4n) is 2.89. The quantitative estimate of drug-likeness (QED) is 0.579. The molecule has 4 rings (SSSR count). The van der Waals surface area contributed by atoms with E-state index in [0.29, 0.717) is 23.6 Å². The van der Waals surface area contributed by atoms with E-state index in [1.54, 1.807) is 17.0 Å². The van der Waals surface area contributed by atoms with Crippen LogP contribution in [-0.2, 0) is 6.54 Å². The summed E-state index contributed by atoms with van der Waals surface area (Å²) in [5.74, 6) is 0.0497. The number of para-hydroxylation sites is 1. The summed E-state index contributed by atoms with van der Waals surface area (Å²) >= 11 is 0. The van der Waals surface area contributed by atoms with Crippen molar-refractivity contribution >= 4 is 16.7 Å². The normalized spacial score (nSPS) is 11.0. The molecule has 27 heavy (non-hydrogen) atoms. The van der Waals surface area contributed by atoms with Gasteiger partial charge in [0.2, 0.25) is 0 Å². The van der Waals surface area contributed by atoms with Crippen molar-refractivity contribution in [2.24, 2.45) is 0 Å². The second-order valence-electron chi connectivity index (χ2n) is 6.35. The lowest BCUT2D eigenvalue weighted by Crippen LogP contribution is -2.06. The molecule has 0 fully saturated rings. The number of nitrogens with one attached hydrogen (secondary N) is 1. The number of hydrogen-bond donors (Lipinski definition) is 1. The molecule has 0 aliphatic carbocycles. The molecule has 0 bridgehead atoms. The number of fused-ring (bicyclic) bond motifs is 1. The van der Waals surface area contributed by atoms with Crippen LogP contribution in [0.25, 0.3) is 22.4 Å². The van der Waals surface area contributed by atoms with Gasteiger partial charge in [0, 0.05) is 23.2 Å². The number of benzene rings is 2. The number of aromatic nitrogens is 4. The lowest BCUT2D eigenvalue weighted by atomic mass is 10.1. The summed E-state index contributed by atoms with van der Waals surface area (Å²) in [7, 11) is 0. The number of nitrogens with zero attached hydrogens (tertiary/aromatic N) is 4. The van der Waals surface area contributed by atoms with Gasteiger partial charge in [-0.15, -0.1) is 5.10 Å². The SMILES string of the molecule is CC(C)n1nnnc1-c1ccc(NCc2coc3ccccc23)cc1F.O. The maximum Gasteiger partial charge on any atom is 0.185 e. The lowest BCUT2D eigenvalue weighted by Gasteiger charge is -2.10. The highest BCUT2D eigenvalue weighted by Crippen LogP contribution is 2.26. The molecule has 3 N–H and O–H groups in total. The van der Waals surface area contributed by atoms with Crippen LogP contribution in [0.3, 0.4) is 0 Å². The molecule has 2 heterocycles. The molecule has 140 valence electrons. The van der Waals surface area contributed by atoms with Gasteiger partial charge in [-0.1, -0.05) is 18.2 Å². The van der Waals surface area contributed by atoms with E-state index in [9.17, 15) is 4.39 Å². The van der Waals surface area contributed by atoms with E-state index in [0.717, 1.165) is 16.5 Å². The third-order valence-corrected chi connectivity index (χ3v) is 4.24. The molecule has 0 saturated heterocycles. The maximum absolute atomic E-state index is 14.6. The van der Waals surface area contributed by atoms with Crippen molar-refractivity contribution in [3.8, 4) is 11.4 Å². The third kappa shape index (κ3) is 3.52. The summed E-state index contributed by atoms with van der Waals surface area (Å²) in [6.07, 6.45) is 1.72. The zero-order valence-electron chi connectivity index (χ0n) is 15.0. The predicted octanol–water partition coefficient (Wildman–Crippen LogP) is 3.59. The molecule has 4 aromatic rings. The Labute approximate surface area is 155 Å². The molecule has 0 amide bonds. The van der Waals surface area contributed by atoms with Crippen molar-refractivity contribution in [2.45, 2.75) is 26.4 Å². The lowest BCUT2D eigenvalue weighted by molar-refractivity contribution is 0.517. The van der Waals surface area contributed by atoms with Gasteiger partial charge in [-0.05, 0) is 48.5 Å². The average Bonchev–Trinajstić information content (AvgIpc) is 3.27. The monoisotopic (exact) mass is 369 g/mol. The Kier molecular flexibility index (Phi) is 5.18. The second-order valence-corrected chi connectivity index (χ2v) is 6.35. The van der Waals surface area contributed by atoms with Gasteiger partial charge in [0.15, 0.2) is 5.82 Å². The molecular weight excluding hydrogens is 349 g/mol. The smallest absolute Gasteiger partial charge is 0.185 e. The van der Waals surface area contributed by atoms with Gasteiger partial charge in [-0.25, -0.2) is 9.07 Å². The summed E-state index contributed by atoms with van der Waals surface area (Å²) in [6, 6.07) is 12.8. The number of anilines is 1. The van der Waals surface area contributed by atoms with Gasteiger partial charge in [-0.3, -0.25) is 0 Å². The minimum atomic E-state index is -0.372. The van der Waals surface area contributed by atoms with E-state index < -0.39 is 0 Å². The van der Waals surface area contributed by atoms with E-state index in [1.807, 2.05) is 44.2 Å². The van der Waals surface area contributed by atoms with Crippen LogP contribution in [0.2, 0.25) is 0 Å². The molecule has 0 aliphatic heterocycles. The van der Waals surface area contributed by atoms with Gasteiger partial charge >= 0.3 is 0 Å². The zero-order valence-corrected chi connectivity index (χ0v) is 15.0. The van der Waals surface area contributed by atoms with Crippen molar-refractivity contribution in [3.05, 3.63) is 60.1 Å². The molecule has 0 atom stereocenters. The first kappa shape index (κ1) is 18.5. The molecule has 0 aliphatic rings. The Morgan fingerprint density at radius 2 is 2.00 bits per heavy atom. The minimum Gasteiger partial charge on any atom is -0.464 e. The molecule has 2 aromatic carbocycles. The Hall–Kier alpha value is -3.26. The number of tetrazole rings is 1. The van der Waals surface area contributed by atoms with Crippen molar-refractivity contribution in [2.75, 3.05) is 5.32 Å². The van der Waals surface area contributed by atoms with E-state index in [4.69, 9.17) is 4.42 Å². The first-order valence-electron chi connectivity index (χ1n) is 8.40. The highest BCUT2D eigenvalue weighted by atomic mass is 19.1. The molecule has 0 unspecified atom stereocenters. The first-order valence-corrected chi connectivity index (χ1v) is 8.40. The van der Waals surface area contributed by atoms with E-state index in [2.05, 4.69) is 20.8 Å². The molecule has 8 heteroatoms. The molecule has 7 nitrogen and oxygen atoms in total. The fraction of sp³-hybridized carbons (Fsp3) is 0.211. The second kappa shape index (κ2) is 7.55. The Bertz CT molecular complexity index is 1060. The molecular formula is C19H20FN5O2. The number of hydrogen-bond acceptors (Lipinski definition) is 5. The molecule has 0 saturated carbocycles. The number of halogens is 1. The van der Waals surface area contributed by atoms with Crippen molar-refractivity contribution in [3.63, 3.8) is 0 Å². The summed E-state index contributed by atoms with van der Waals surface area (Å²) in [5, 5.41) is 15.8. The summed E-state index contributed by atoms with van der Waals surface area (Å²) in [6.45, 7) is 4.44. The Morgan fingerprint density at radius 3 is 2.78 bits per heavy atom. The van der Waals surface area contributed by atoms with Gasteiger partial charge < -0.3 is 15.2 Å². The molecule has 0 radical (unpaired) electrons. The van der Waals surface area contributed by atoms with Gasteiger partial charge in [0.1, 0.15) is 11.4 Å². The third-order valence-electron chi connectivity index (χ3n) is 4.24. The van der Waals surface area contributed by atoms with Crippen molar-refractivity contribution in [1.82, 2.24) is 20.2 Å². The van der Waals surface area contributed by atoms with E-state index in [-0.39, 0.29) is 17.3 Å². The van der Waals surface area contributed by atoms with Crippen LogP contribution in [0.4, 0.5) is 10.1 Å². The number of furan rings is 1. The van der Waals surface area contributed by atoms with E-state index >= 15 is 0 Å². The van der Waals surface area contributed by atoms with Crippen LogP contribution in [0, 0.1) is 5.82 Å². The van der Waals surface area contributed by atoms with Crippen LogP contribution < -0.4 is 5.32 Å². The predicted molar refractivity (Wildman–Crippen MR) is 101 cm³/mol. The van der Waals surface area contributed by atoms with Gasteiger partial charge in [-0.2, -0.15) is 0 Å². The zero-order chi connectivity index (χ0) is 18.1. The topological polar surface area (TPSA) is 100 Å². The largest absolute Gasteiger partial charge is 0.464 e. The van der Waals surface area contributed by atoms with Crippen LogP contribution in [0.1, 0.15) is 25.5 Å². The summed E-state index contributed by atoms with van der Waals surface area (Å²) in [5.41, 5.74) is 2.92. The Morgan fingerprint density at radius 1 is 1.19 bits per heavy atom. The highest BCUT2D eigenvalue weighted by molar-refractivity contribution is 5.81. The molecule has 0 spiro atoms. The maximum atomic E-state index is 14.6. The first-order chi connectivity index (χ1) is 12.6. The molecule has 2 aromatic heterocycles. The highest BCUT2D eigenvalue weighted by Gasteiger charge is 2.16. The number of rotatable bonds is 5. The fourth-order valence-corrected chi connectivity index (χ4v) is 2.89. The van der Waals surface area contributed by atoms with Gasteiger partial charge in [0.25, 0.3) is 0 Å². The van der Waals surface area contributed by atoms with E-state index in [1.165, 1.54) is 6.07 Å². The van der Waals surface area contributed by atoms with Crippen LogP contribution in [0.5, 0.6) is 0 Å². The Balaban J connectivity index is 0.00000210. The standard InChI is InChI=1S/C19H18FN5O.H2O/c1-12(2)25-19(22-23-24-25)16-8-7-14(9-17(16)20)21-10-13-11-26-18-6-4-3-5-15(13)18;/h3-9,11-12,21H,10H2,1-2H3;1H2. The minimum absolute atomic E-state index is 0. The van der Waals surface area contributed by atoms with Crippen molar-refractivity contribution in [1.29, 1.82) is 0 Å². The van der Waals surface area contributed by atoms with Gasteiger partial charge in [0.05, 0.1) is 17.9 Å². The van der Waals surface area contributed by atoms with Crippen LogP contribution >= 0.6 is 0 Å². The average molecular weight is 369 g/mol. The van der Waals surface area contributed by atoms with Crippen molar-refractivity contribution < 1.29 is 14.3 Å². The van der Waals surface area contributed by atoms with Crippen LogP contribution in [0.15, 0.2) is 53.1 Å². The summed E-state index contributed by atoms with van der Waals surface area (Å²) < 4.78 is 21.7.